The van der Waals surface area contributed by atoms with Crippen molar-refractivity contribution in [2.75, 3.05) is 13.1 Å². The van der Waals surface area contributed by atoms with E-state index in [4.69, 9.17) is 0 Å². The molecule has 0 radical (unpaired) electrons. The molecule has 2 nitrogen and oxygen atoms in total. The van der Waals surface area contributed by atoms with E-state index in [1.54, 1.807) is 0 Å². The summed E-state index contributed by atoms with van der Waals surface area (Å²) in [5.74, 6) is 0. The first kappa shape index (κ1) is 31.9. The van der Waals surface area contributed by atoms with Gasteiger partial charge in [0, 0.05) is 0 Å². The molecule has 0 unspecified atom stereocenters. The van der Waals surface area contributed by atoms with Crippen LogP contribution >= 0.6 is 0 Å². The van der Waals surface area contributed by atoms with Crippen LogP contribution in [0.25, 0.3) is 0 Å². The lowest BCUT2D eigenvalue weighted by atomic mass is 10.1. The maximum atomic E-state index is 3.83. The molecule has 0 aliphatic rings. The van der Waals surface area contributed by atoms with Gasteiger partial charge in [-0.1, -0.05) is 156 Å². The van der Waals surface area contributed by atoms with Crippen LogP contribution in [-0.4, -0.2) is 19.3 Å². The third-order valence-corrected chi connectivity index (χ3v) is 6.94. The largest absolute Gasteiger partial charge is 0.302 e. The van der Waals surface area contributed by atoms with E-state index in [9.17, 15) is 0 Å². The van der Waals surface area contributed by atoms with E-state index in [2.05, 4.69) is 31.4 Å². The molecule has 0 aliphatic carbocycles. The van der Waals surface area contributed by atoms with E-state index >= 15 is 0 Å². The fourth-order valence-corrected chi connectivity index (χ4v) is 4.65. The average molecular weight is 453 g/mol. The number of hydrogen-bond acceptors (Lipinski definition) is 2. The first-order chi connectivity index (χ1) is 15.8. The fourth-order valence-electron chi connectivity index (χ4n) is 4.65. The van der Waals surface area contributed by atoms with Crippen molar-refractivity contribution in [3.63, 3.8) is 0 Å². The average Bonchev–Trinajstić information content (AvgIpc) is 2.80. The van der Waals surface area contributed by atoms with E-state index in [0.29, 0.717) is 6.17 Å². The summed E-state index contributed by atoms with van der Waals surface area (Å²) in [6, 6.07) is 0. The quantitative estimate of drug-likeness (QED) is 0.0911. The van der Waals surface area contributed by atoms with Gasteiger partial charge in [0.1, 0.15) is 0 Å². The van der Waals surface area contributed by atoms with Crippen molar-refractivity contribution < 1.29 is 0 Å². The highest BCUT2D eigenvalue weighted by Gasteiger charge is 2.06. The van der Waals surface area contributed by atoms with E-state index in [1.807, 2.05) is 0 Å². The highest BCUT2D eigenvalue weighted by atomic mass is 15.1. The zero-order valence-corrected chi connectivity index (χ0v) is 23.0. The van der Waals surface area contributed by atoms with Crippen molar-refractivity contribution in [1.82, 2.24) is 10.6 Å². The standard InChI is InChI=1S/C30H64N2/c1-4-7-10-12-14-16-18-20-22-25-28-31-30(27-24-9-6-3)32-29-26-23-21-19-17-15-13-11-8-5-2/h30-32H,4-29H2,1-3H3. The Balaban J connectivity index is 3.59. The van der Waals surface area contributed by atoms with E-state index in [-0.39, 0.29) is 0 Å². The smallest absolute Gasteiger partial charge is 0.0571 e. The van der Waals surface area contributed by atoms with E-state index in [1.165, 1.54) is 167 Å². The zero-order valence-electron chi connectivity index (χ0n) is 23.0. The predicted octanol–water partition coefficient (Wildman–Crippen LogP) is 9.91. The van der Waals surface area contributed by atoms with Crippen LogP contribution < -0.4 is 10.6 Å². The molecule has 32 heavy (non-hydrogen) atoms. The minimum Gasteiger partial charge on any atom is -0.302 e. The van der Waals surface area contributed by atoms with Gasteiger partial charge in [0.2, 0.25) is 0 Å². The second kappa shape index (κ2) is 29.0. The van der Waals surface area contributed by atoms with Gasteiger partial charge < -0.3 is 10.6 Å². The Bertz CT molecular complexity index is 292. The second-order valence-electron chi connectivity index (χ2n) is 10.3. The van der Waals surface area contributed by atoms with Gasteiger partial charge in [-0.2, -0.15) is 0 Å². The third-order valence-electron chi connectivity index (χ3n) is 6.94. The Morgan fingerprint density at radius 3 is 0.969 bits per heavy atom. The Labute approximate surface area is 204 Å². The normalized spacial score (nSPS) is 11.6. The van der Waals surface area contributed by atoms with Crippen LogP contribution in [0.2, 0.25) is 0 Å². The molecule has 0 rings (SSSR count). The van der Waals surface area contributed by atoms with Crippen molar-refractivity contribution >= 4 is 0 Å². The second-order valence-corrected chi connectivity index (χ2v) is 10.3. The number of hydrogen-bond donors (Lipinski definition) is 2. The molecule has 0 aliphatic heterocycles. The summed E-state index contributed by atoms with van der Waals surface area (Å²) in [4.78, 5) is 0. The highest BCUT2D eigenvalue weighted by Crippen LogP contribution is 2.12. The lowest BCUT2D eigenvalue weighted by Crippen LogP contribution is -2.43. The van der Waals surface area contributed by atoms with Gasteiger partial charge in [-0.05, 0) is 32.4 Å². The van der Waals surface area contributed by atoms with Crippen molar-refractivity contribution in [1.29, 1.82) is 0 Å². The third kappa shape index (κ3) is 26.2. The molecular weight excluding hydrogens is 388 g/mol. The van der Waals surface area contributed by atoms with Crippen LogP contribution in [0.1, 0.15) is 175 Å². The van der Waals surface area contributed by atoms with Crippen LogP contribution in [0.4, 0.5) is 0 Å². The van der Waals surface area contributed by atoms with Crippen LogP contribution in [0.5, 0.6) is 0 Å². The summed E-state index contributed by atoms with van der Waals surface area (Å²) in [5.41, 5.74) is 0. The lowest BCUT2D eigenvalue weighted by Gasteiger charge is -2.20. The molecule has 0 atom stereocenters. The first-order valence-corrected chi connectivity index (χ1v) is 15.3. The molecule has 0 aromatic heterocycles. The van der Waals surface area contributed by atoms with Crippen molar-refractivity contribution in [2.24, 2.45) is 0 Å². The molecule has 0 saturated carbocycles. The van der Waals surface area contributed by atoms with Gasteiger partial charge in [0.25, 0.3) is 0 Å². The fraction of sp³-hybridized carbons (Fsp3) is 1.00. The SMILES string of the molecule is CCCCCCCCCCCCNC(CCCCC)NCCCCCCCCCCCC. The molecule has 2 N–H and O–H groups in total. The van der Waals surface area contributed by atoms with Gasteiger partial charge >= 0.3 is 0 Å². The summed E-state index contributed by atoms with van der Waals surface area (Å²) in [6.07, 6.45) is 34.4. The van der Waals surface area contributed by atoms with E-state index in [0.717, 1.165) is 0 Å². The molecule has 194 valence electrons. The Morgan fingerprint density at radius 2 is 0.625 bits per heavy atom. The molecule has 0 fully saturated rings. The molecule has 2 heteroatoms. The Hall–Kier alpha value is -0.0800. The van der Waals surface area contributed by atoms with Gasteiger partial charge in [0.15, 0.2) is 0 Å². The number of unbranched alkanes of at least 4 members (excludes halogenated alkanes) is 20. The molecule has 0 spiro atoms. The topological polar surface area (TPSA) is 24.1 Å². The predicted molar refractivity (Wildman–Crippen MR) is 148 cm³/mol. The first-order valence-electron chi connectivity index (χ1n) is 15.3. The molecule has 0 amide bonds. The molecule has 0 aromatic rings. The molecule has 0 saturated heterocycles. The van der Waals surface area contributed by atoms with Crippen molar-refractivity contribution in [3.8, 4) is 0 Å². The van der Waals surface area contributed by atoms with Gasteiger partial charge in [-0.25, -0.2) is 0 Å². The molecule has 0 aromatic carbocycles. The maximum absolute atomic E-state index is 3.83. The summed E-state index contributed by atoms with van der Waals surface area (Å²) in [5, 5.41) is 7.66. The van der Waals surface area contributed by atoms with E-state index < -0.39 is 0 Å². The summed E-state index contributed by atoms with van der Waals surface area (Å²) in [6.45, 7) is 9.30. The zero-order chi connectivity index (χ0) is 23.4. The van der Waals surface area contributed by atoms with Crippen LogP contribution in [0.15, 0.2) is 0 Å². The van der Waals surface area contributed by atoms with Crippen molar-refractivity contribution in [2.45, 2.75) is 181 Å². The molecular formula is C30H64N2. The monoisotopic (exact) mass is 453 g/mol. The van der Waals surface area contributed by atoms with Crippen molar-refractivity contribution in [3.05, 3.63) is 0 Å². The Kier molecular flexibility index (Phi) is 28.9. The van der Waals surface area contributed by atoms with Gasteiger partial charge in [-0.3, -0.25) is 0 Å². The maximum Gasteiger partial charge on any atom is 0.0571 e. The molecule has 0 heterocycles. The van der Waals surface area contributed by atoms with Crippen LogP contribution in [0.3, 0.4) is 0 Å². The Morgan fingerprint density at radius 1 is 0.344 bits per heavy atom. The minimum absolute atomic E-state index is 0.540. The van der Waals surface area contributed by atoms with Crippen LogP contribution in [-0.2, 0) is 0 Å². The number of rotatable bonds is 28. The van der Waals surface area contributed by atoms with Crippen LogP contribution in [0, 0.1) is 0 Å². The van der Waals surface area contributed by atoms with Gasteiger partial charge in [-0.15, -0.1) is 0 Å². The lowest BCUT2D eigenvalue weighted by molar-refractivity contribution is 0.377. The molecule has 0 bridgehead atoms. The summed E-state index contributed by atoms with van der Waals surface area (Å²) >= 11 is 0. The summed E-state index contributed by atoms with van der Waals surface area (Å²) in [7, 11) is 0. The summed E-state index contributed by atoms with van der Waals surface area (Å²) < 4.78 is 0. The minimum atomic E-state index is 0.540. The number of nitrogens with one attached hydrogen (secondary N) is 2. The highest BCUT2D eigenvalue weighted by molar-refractivity contribution is 4.65. The van der Waals surface area contributed by atoms with Gasteiger partial charge in [0.05, 0.1) is 6.17 Å².